The first-order valence-corrected chi connectivity index (χ1v) is 11.6. The Labute approximate surface area is 158 Å². The normalized spacial score (nSPS) is 11.8. The van der Waals surface area contributed by atoms with Gasteiger partial charge in [0.05, 0.1) is 0 Å². The van der Waals surface area contributed by atoms with E-state index in [1.165, 1.54) is 89.9 Å². The van der Waals surface area contributed by atoms with Gasteiger partial charge in [0.1, 0.15) is 5.54 Å². The lowest BCUT2D eigenvalue weighted by Crippen LogP contribution is -2.25. The topological polar surface area (TPSA) is 29.4 Å². The maximum Gasteiger partial charge on any atom is 0.103 e. The fraction of sp³-hybridized carbons (Fsp3) is 1.00. The Kier molecular flexibility index (Phi) is 18.1. The molecule has 0 aliphatic rings. The second-order valence-electron chi connectivity index (χ2n) is 8.16. The third-order valence-electron chi connectivity index (χ3n) is 5.62. The number of nitroso groups, excluding NO2 is 1. The van der Waals surface area contributed by atoms with Gasteiger partial charge < -0.3 is 0 Å². The highest BCUT2D eigenvalue weighted by Gasteiger charge is 2.28. The van der Waals surface area contributed by atoms with E-state index in [0.29, 0.717) is 0 Å². The molecule has 0 spiro atoms. The van der Waals surface area contributed by atoms with Crippen molar-refractivity contribution in [1.82, 2.24) is 0 Å². The van der Waals surface area contributed by atoms with Gasteiger partial charge in [-0.05, 0) is 19.3 Å². The summed E-state index contributed by atoms with van der Waals surface area (Å²) in [4.78, 5) is 11.3. The first-order chi connectivity index (χ1) is 12.2. The molecule has 0 aromatic heterocycles. The average Bonchev–Trinajstić information content (AvgIpc) is 2.62. The van der Waals surface area contributed by atoms with E-state index in [4.69, 9.17) is 0 Å². The summed E-state index contributed by atoms with van der Waals surface area (Å²) in [5.74, 6) is 0. The summed E-state index contributed by atoms with van der Waals surface area (Å²) in [6.07, 6.45) is 24.5. The lowest BCUT2D eigenvalue weighted by Gasteiger charge is -2.25. The molecule has 0 saturated heterocycles. The Morgan fingerprint density at radius 1 is 0.480 bits per heavy atom. The summed E-state index contributed by atoms with van der Waals surface area (Å²) < 4.78 is 0. The molecular formula is C23H47NO. The van der Waals surface area contributed by atoms with Gasteiger partial charge in [-0.2, -0.15) is 4.91 Å². The molecule has 0 N–H and O–H groups in total. The summed E-state index contributed by atoms with van der Waals surface area (Å²) in [5, 5.41) is 3.55. The van der Waals surface area contributed by atoms with Crippen molar-refractivity contribution in [2.45, 2.75) is 148 Å². The molecule has 0 rings (SSSR count). The van der Waals surface area contributed by atoms with Crippen LogP contribution in [-0.2, 0) is 0 Å². The van der Waals surface area contributed by atoms with Crippen LogP contribution in [0.25, 0.3) is 0 Å². The maximum atomic E-state index is 11.3. The molecule has 0 amide bonds. The second kappa shape index (κ2) is 18.4. The highest BCUT2D eigenvalue weighted by atomic mass is 16.3. The lowest BCUT2D eigenvalue weighted by molar-refractivity contribution is 0.320. The van der Waals surface area contributed by atoms with Gasteiger partial charge in [0.2, 0.25) is 0 Å². The van der Waals surface area contributed by atoms with Gasteiger partial charge in [-0.25, -0.2) is 0 Å². The average molecular weight is 354 g/mol. The Morgan fingerprint density at radius 3 is 1.16 bits per heavy atom. The van der Waals surface area contributed by atoms with Crippen molar-refractivity contribution in [1.29, 1.82) is 0 Å². The van der Waals surface area contributed by atoms with Crippen molar-refractivity contribution in [3.8, 4) is 0 Å². The Hall–Kier alpha value is -0.400. The van der Waals surface area contributed by atoms with Gasteiger partial charge in [0, 0.05) is 0 Å². The SMILES string of the molecule is CCCCCCCCCCCCCCCCC(CCC)(CCC)N=O. The molecule has 0 saturated carbocycles. The van der Waals surface area contributed by atoms with Gasteiger partial charge in [0.15, 0.2) is 0 Å². The van der Waals surface area contributed by atoms with Crippen LogP contribution in [0.5, 0.6) is 0 Å². The molecule has 150 valence electrons. The zero-order valence-corrected chi connectivity index (χ0v) is 17.8. The Bertz CT molecular complexity index is 271. The first-order valence-electron chi connectivity index (χ1n) is 11.6. The van der Waals surface area contributed by atoms with Crippen molar-refractivity contribution in [3.05, 3.63) is 4.91 Å². The quantitative estimate of drug-likeness (QED) is 0.158. The largest absolute Gasteiger partial charge is 0.150 e. The number of nitrogens with zero attached hydrogens (tertiary/aromatic N) is 1. The van der Waals surface area contributed by atoms with E-state index >= 15 is 0 Å². The minimum absolute atomic E-state index is 0.249. The molecule has 0 bridgehead atoms. The number of hydrogen-bond donors (Lipinski definition) is 0. The van der Waals surface area contributed by atoms with Crippen molar-refractivity contribution in [2.75, 3.05) is 0 Å². The molecule has 2 nitrogen and oxygen atoms in total. The van der Waals surface area contributed by atoms with Gasteiger partial charge in [-0.15, -0.1) is 0 Å². The van der Waals surface area contributed by atoms with Crippen molar-refractivity contribution in [2.24, 2.45) is 5.18 Å². The van der Waals surface area contributed by atoms with Crippen molar-refractivity contribution < 1.29 is 0 Å². The minimum atomic E-state index is -0.249. The van der Waals surface area contributed by atoms with Crippen LogP contribution in [0.1, 0.15) is 143 Å². The first kappa shape index (κ1) is 24.6. The van der Waals surface area contributed by atoms with Crippen LogP contribution < -0.4 is 0 Å². The Balaban J connectivity index is 3.44. The van der Waals surface area contributed by atoms with E-state index in [0.717, 1.165) is 32.1 Å². The van der Waals surface area contributed by atoms with Crippen molar-refractivity contribution >= 4 is 0 Å². The highest BCUT2D eigenvalue weighted by molar-refractivity contribution is 4.86. The molecule has 0 radical (unpaired) electrons. The summed E-state index contributed by atoms with van der Waals surface area (Å²) in [6, 6.07) is 0. The van der Waals surface area contributed by atoms with Gasteiger partial charge in [-0.1, -0.05) is 129 Å². The van der Waals surface area contributed by atoms with Crippen molar-refractivity contribution in [3.63, 3.8) is 0 Å². The molecule has 0 fully saturated rings. The van der Waals surface area contributed by atoms with Gasteiger partial charge in [0.25, 0.3) is 0 Å². The fourth-order valence-electron chi connectivity index (χ4n) is 4.09. The standard InChI is InChI=1S/C23H47NO/c1-4-7-8-9-10-11-12-13-14-15-16-17-18-19-22-23(24-25,20-5-2)21-6-3/h4-22H2,1-3H3. The van der Waals surface area contributed by atoms with E-state index < -0.39 is 0 Å². The highest BCUT2D eigenvalue weighted by Crippen LogP contribution is 2.30. The molecular weight excluding hydrogens is 306 g/mol. The van der Waals surface area contributed by atoms with E-state index in [-0.39, 0.29) is 5.54 Å². The van der Waals surface area contributed by atoms with Crippen LogP contribution in [0.3, 0.4) is 0 Å². The van der Waals surface area contributed by atoms with Crippen LogP contribution >= 0.6 is 0 Å². The number of unbranched alkanes of at least 4 members (excludes halogenated alkanes) is 13. The maximum absolute atomic E-state index is 11.3. The monoisotopic (exact) mass is 353 g/mol. The second-order valence-corrected chi connectivity index (χ2v) is 8.16. The molecule has 0 aliphatic carbocycles. The van der Waals surface area contributed by atoms with E-state index in [2.05, 4.69) is 25.9 Å². The fourth-order valence-corrected chi connectivity index (χ4v) is 4.09. The number of rotatable bonds is 20. The van der Waals surface area contributed by atoms with Crippen LogP contribution in [0.2, 0.25) is 0 Å². The van der Waals surface area contributed by atoms with Crippen LogP contribution in [0.15, 0.2) is 5.18 Å². The smallest absolute Gasteiger partial charge is 0.103 e. The zero-order valence-electron chi connectivity index (χ0n) is 17.8. The molecule has 25 heavy (non-hydrogen) atoms. The molecule has 0 unspecified atom stereocenters. The Morgan fingerprint density at radius 2 is 0.840 bits per heavy atom. The number of hydrogen-bond acceptors (Lipinski definition) is 2. The minimum Gasteiger partial charge on any atom is -0.150 e. The molecule has 0 aromatic rings. The van der Waals surface area contributed by atoms with Crippen LogP contribution in [0.4, 0.5) is 0 Å². The predicted molar refractivity (Wildman–Crippen MR) is 113 cm³/mol. The van der Waals surface area contributed by atoms with Gasteiger partial charge >= 0.3 is 0 Å². The third kappa shape index (κ3) is 14.5. The lowest BCUT2D eigenvalue weighted by atomic mass is 9.84. The van der Waals surface area contributed by atoms with E-state index in [1.54, 1.807) is 0 Å². The predicted octanol–water partition coefficient (Wildman–Crippen LogP) is 8.96. The summed E-state index contributed by atoms with van der Waals surface area (Å²) in [6.45, 7) is 6.62. The molecule has 0 aliphatic heterocycles. The van der Waals surface area contributed by atoms with E-state index in [9.17, 15) is 4.91 Å². The van der Waals surface area contributed by atoms with Crippen LogP contribution in [-0.4, -0.2) is 5.54 Å². The molecule has 0 atom stereocenters. The van der Waals surface area contributed by atoms with Gasteiger partial charge in [-0.3, -0.25) is 0 Å². The van der Waals surface area contributed by atoms with Crippen LogP contribution in [0, 0.1) is 4.91 Å². The molecule has 0 heterocycles. The summed E-state index contributed by atoms with van der Waals surface area (Å²) in [5.41, 5.74) is -0.249. The summed E-state index contributed by atoms with van der Waals surface area (Å²) in [7, 11) is 0. The summed E-state index contributed by atoms with van der Waals surface area (Å²) >= 11 is 0. The molecule has 2 heteroatoms. The van der Waals surface area contributed by atoms with E-state index in [1.807, 2.05) is 0 Å². The third-order valence-corrected chi connectivity index (χ3v) is 5.62. The zero-order chi connectivity index (χ0) is 18.6. The molecule has 0 aromatic carbocycles.